The third-order valence-corrected chi connectivity index (χ3v) is 2.35. The summed E-state index contributed by atoms with van der Waals surface area (Å²) in [5, 5.41) is 4.19. The van der Waals surface area contributed by atoms with Crippen molar-refractivity contribution >= 4 is 29.2 Å². The van der Waals surface area contributed by atoms with Crippen molar-refractivity contribution < 1.29 is 9.53 Å². The highest BCUT2D eigenvalue weighted by Crippen LogP contribution is 2.22. The number of alkyl halides is 1. The highest BCUT2D eigenvalue weighted by Gasteiger charge is 2.20. The Morgan fingerprint density at radius 2 is 2.29 bits per heavy atom. The third kappa shape index (κ3) is 2.01. The van der Waals surface area contributed by atoms with Gasteiger partial charge in [0.2, 0.25) is 0 Å². The fourth-order valence-electron chi connectivity index (χ4n) is 1.01. The van der Waals surface area contributed by atoms with E-state index in [-0.39, 0.29) is 16.6 Å². The van der Waals surface area contributed by atoms with Crippen LogP contribution in [0.2, 0.25) is 5.02 Å². The molecule has 0 unspecified atom stereocenters. The maximum atomic E-state index is 11.3. The Hall–Kier alpha value is -0.740. The molecule has 0 amide bonds. The predicted octanol–water partition coefficient (Wildman–Crippen LogP) is 1.99. The summed E-state index contributed by atoms with van der Waals surface area (Å²) in [6.07, 6.45) is 0. The summed E-state index contributed by atoms with van der Waals surface area (Å²) in [6.45, 7) is 2.01. The van der Waals surface area contributed by atoms with E-state index in [1.165, 1.54) is 4.68 Å². The minimum atomic E-state index is -0.524. The Bertz CT molecular complexity index is 349. The van der Waals surface area contributed by atoms with Crippen molar-refractivity contribution in [2.24, 2.45) is 7.05 Å². The number of aryl methyl sites for hydroxylation is 1. The molecule has 0 N–H and O–H groups in total. The molecule has 1 aromatic rings. The van der Waals surface area contributed by atoms with Gasteiger partial charge in [-0.25, -0.2) is 4.79 Å². The van der Waals surface area contributed by atoms with E-state index in [0.29, 0.717) is 12.3 Å². The first-order chi connectivity index (χ1) is 6.61. The summed E-state index contributed by atoms with van der Waals surface area (Å²) in [6, 6.07) is 0. The van der Waals surface area contributed by atoms with Crippen molar-refractivity contribution in [1.82, 2.24) is 9.78 Å². The van der Waals surface area contributed by atoms with Crippen molar-refractivity contribution in [3.63, 3.8) is 0 Å². The lowest BCUT2D eigenvalue weighted by Crippen LogP contribution is -2.06. The number of aromatic nitrogens is 2. The molecule has 1 aromatic heterocycles. The lowest BCUT2D eigenvalue weighted by Gasteiger charge is -1.97. The molecule has 0 atom stereocenters. The van der Waals surface area contributed by atoms with Gasteiger partial charge in [-0.1, -0.05) is 11.6 Å². The molecule has 6 heteroatoms. The van der Waals surface area contributed by atoms with E-state index in [1.807, 2.05) is 0 Å². The van der Waals surface area contributed by atoms with Crippen LogP contribution >= 0.6 is 23.2 Å². The van der Waals surface area contributed by atoms with Gasteiger partial charge in [-0.3, -0.25) is 4.68 Å². The Morgan fingerprint density at radius 1 is 1.64 bits per heavy atom. The number of rotatable bonds is 3. The fraction of sp³-hybridized carbons (Fsp3) is 0.500. The van der Waals surface area contributed by atoms with E-state index in [1.54, 1.807) is 14.0 Å². The molecule has 0 aliphatic carbocycles. The second-order valence-electron chi connectivity index (χ2n) is 2.59. The van der Waals surface area contributed by atoms with Gasteiger partial charge in [0.1, 0.15) is 0 Å². The van der Waals surface area contributed by atoms with Gasteiger partial charge < -0.3 is 4.74 Å². The van der Waals surface area contributed by atoms with Crippen LogP contribution in [0.25, 0.3) is 0 Å². The van der Waals surface area contributed by atoms with E-state index in [2.05, 4.69) is 5.10 Å². The lowest BCUT2D eigenvalue weighted by atomic mass is 10.4. The maximum absolute atomic E-state index is 11.3. The number of ether oxygens (including phenoxy) is 1. The van der Waals surface area contributed by atoms with Gasteiger partial charge in [0.05, 0.1) is 23.2 Å². The molecular weight excluding hydrogens is 227 g/mol. The molecule has 0 fully saturated rings. The summed E-state index contributed by atoms with van der Waals surface area (Å²) < 4.78 is 6.25. The molecule has 78 valence electrons. The average Bonchev–Trinajstić information content (AvgIpc) is 2.42. The molecule has 1 heterocycles. The number of hydrogen-bond donors (Lipinski definition) is 0. The molecule has 0 aliphatic rings. The molecule has 0 radical (unpaired) electrons. The molecule has 0 aromatic carbocycles. The Labute approximate surface area is 91.7 Å². The number of nitrogens with zero attached hydrogens (tertiary/aromatic N) is 2. The van der Waals surface area contributed by atoms with Crippen molar-refractivity contribution in [2.75, 3.05) is 6.61 Å². The topological polar surface area (TPSA) is 44.1 Å². The van der Waals surface area contributed by atoms with Crippen LogP contribution in [0.1, 0.15) is 23.1 Å². The SMILES string of the molecule is CCOC(=O)c1nn(C)c(CCl)c1Cl. The van der Waals surface area contributed by atoms with Crippen molar-refractivity contribution in [3.8, 4) is 0 Å². The minimum Gasteiger partial charge on any atom is -0.461 e. The van der Waals surface area contributed by atoms with Gasteiger partial charge >= 0.3 is 5.97 Å². The highest BCUT2D eigenvalue weighted by atomic mass is 35.5. The predicted molar refractivity (Wildman–Crippen MR) is 53.7 cm³/mol. The number of esters is 1. The van der Waals surface area contributed by atoms with Crippen LogP contribution in [-0.4, -0.2) is 22.4 Å². The largest absolute Gasteiger partial charge is 0.461 e. The second-order valence-corrected chi connectivity index (χ2v) is 3.23. The van der Waals surface area contributed by atoms with E-state index in [0.717, 1.165) is 0 Å². The molecule has 1 rings (SSSR count). The Balaban J connectivity index is 3.04. The number of carbonyl (C=O) groups is 1. The van der Waals surface area contributed by atoms with Crippen LogP contribution in [0.4, 0.5) is 0 Å². The zero-order valence-corrected chi connectivity index (χ0v) is 9.39. The standard InChI is InChI=1S/C8H10Cl2N2O2/c1-3-14-8(13)7-6(10)5(4-9)12(2)11-7/h3-4H2,1-2H3. The molecule has 14 heavy (non-hydrogen) atoms. The summed E-state index contributed by atoms with van der Waals surface area (Å²) in [4.78, 5) is 11.3. The maximum Gasteiger partial charge on any atom is 0.360 e. The third-order valence-electron chi connectivity index (χ3n) is 1.70. The van der Waals surface area contributed by atoms with E-state index in [9.17, 15) is 4.79 Å². The quantitative estimate of drug-likeness (QED) is 0.596. The molecular formula is C8H10Cl2N2O2. The van der Waals surface area contributed by atoms with Gasteiger partial charge in [0.15, 0.2) is 5.69 Å². The molecule has 0 saturated carbocycles. The fourth-order valence-corrected chi connectivity index (χ4v) is 1.69. The first-order valence-electron chi connectivity index (χ1n) is 4.06. The molecule has 0 aliphatic heterocycles. The molecule has 0 saturated heterocycles. The van der Waals surface area contributed by atoms with Crippen LogP contribution in [0.5, 0.6) is 0 Å². The smallest absolute Gasteiger partial charge is 0.360 e. The van der Waals surface area contributed by atoms with Gasteiger partial charge in [-0.05, 0) is 6.92 Å². The molecule has 4 nitrogen and oxygen atoms in total. The summed E-state index contributed by atoms with van der Waals surface area (Å²) in [5.74, 6) is -0.314. The van der Waals surface area contributed by atoms with Gasteiger partial charge in [0, 0.05) is 7.05 Å². The lowest BCUT2D eigenvalue weighted by molar-refractivity contribution is 0.0519. The molecule has 0 bridgehead atoms. The van der Waals surface area contributed by atoms with E-state index < -0.39 is 5.97 Å². The van der Waals surface area contributed by atoms with Crippen LogP contribution in [0.3, 0.4) is 0 Å². The number of halogens is 2. The van der Waals surface area contributed by atoms with Crippen molar-refractivity contribution in [3.05, 3.63) is 16.4 Å². The van der Waals surface area contributed by atoms with Crippen LogP contribution in [0.15, 0.2) is 0 Å². The summed E-state index contributed by atoms with van der Waals surface area (Å²) >= 11 is 11.5. The normalized spacial score (nSPS) is 10.3. The Kier molecular flexibility index (Phi) is 3.77. The van der Waals surface area contributed by atoms with E-state index >= 15 is 0 Å². The number of hydrogen-bond acceptors (Lipinski definition) is 3. The summed E-state index contributed by atoms with van der Waals surface area (Å²) in [5.41, 5.74) is 0.725. The summed E-state index contributed by atoms with van der Waals surface area (Å²) in [7, 11) is 1.67. The van der Waals surface area contributed by atoms with Crippen molar-refractivity contribution in [1.29, 1.82) is 0 Å². The van der Waals surface area contributed by atoms with Gasteiger partial charge in [-0.15, -0.1) is 11.6 Å². The zero-order chi connectivity index (χ0) is 10.7. The van der Waals surface area contributed by atoms with E-state index in [4.69, 9.17) is 27.9 Å². The Morgan fingerprint density at radius 3 is 2.71 bits per heavy atom. The van der Waals surface area contributed by atoms with Crippen LogP contribution < -0.4 is 0 Å². The first-order valence-corrected chi connectivity index (χ1v) is 4.97. The highest BCUT2D eigenvalue weighted by molar-refractivity contribution is 6.34. The first kappa shape index (κ1) is 11.3. The average molecular weight is 237 g/mol. The monoisotopic (exact) mass is 236 g/mol. The molecule has 0 spiro atoms. The number of carbonyl (C=O) groups excluding carboxylic acids is 1. The van der Waals surface area contributed by atoms with Crippen molar-refractivity contribution in [2.45, 2.75) is 12.8 Å². The minimum absolute atomic E-state index is 0.117. The van der Waals surface area contributed by atoms with Crippen LogP contribution in [-0.2, 0) is 17.7 Å². The van der Waals surface area contributed by atoms with Gasteiger partial charge in [-0.2, -0.15) is 5.10 Å². The second kappa shape index (κ2) is 4.66. The van der Waals surface area contributed by atoms with Crippen LogP contribution in [0, 0.1) is 0 Å². The zero-order valence-electron chi connectivity index (χ0n) is 7.88. The van der Waals surface area contributed by atoms with Gasteiger partial charge in [0.25, 0.3) is 0 Å².